The zero-order valence-corrected chi connectivity index (χ0v) is 13.5. The van der Waals surface area contributed by atoms with Gasteiger partial charge in [-0.05, 0) is 45.0 Å². The summed E-state index contributed by atoms with van der Waals surface area (Å²) in [5.41, 5.74) is 8.09. The molecular weight excluding hydrogens is 296 g/mol. The first-order valence-electron chi connectivity index (χ1n) is 7.41. The maximum Gasteiger partial charge on any atom is 0.355 e. The molecule has 2 rings (SSSR count). The third-order valence-corrected chi connectivity index (χ3v) is 3.28. The molecule has 0 aliphatic heterocycles. The lowest BCUT2D eigenvalue weighted by atomic mass is 10.2. The number of aromatic nitrogens is 1. The summed E-state index contributed by atoms with van der Waals surface area (Å²) in [6, 6.07) is 7.25. The summed E-state index contributed by atoms with van der Waals surface area (Å²) >= 11 is 0. The molecule has 0 atom stereocenters. The molecule has 0 fully saturated rings. The average molecular weight is 316 g/mol. The van der Waals surface area contributed by atoms with Crippen LogP contribution in [-0.2, 0) is 19.1 Å². The van der Waals surface area contributed by atoms with Crippen LogP contribution in [-0.4, -0.2) is 29.7 Å². The number of carbonyl (C=O) groups excluding carboxylic acids is 2. The number of carbonyl (C=O) groups is 2. The van der Waals surface area contributed by atoms with Crippen molar-refractivity contribution in [2.75, 3.05) is 18.9 Å². The molecule has 0 spiro atoms. The third kappa shape index (κ3) is 3.53. The highest BCUT2D eigenvalue weighted by Gasteiger charge is 2.19. The Bertz CT molecular complexity index is 774. The number of ether oxygens (including phenoxy) is 2. The molecule has 0 radical (unpaired) electrons. The predicted molar refractivity (Wildman–Crippen MR) is 88.6 cm³/mol. The van der Waals surface area contributed by atoms with E-state index in [4.69, 9.17) is 15.2 Å². The van der Waals surface area contributed by atoms with Gasteiger partial charge in [0.25, 0.3) is 0 Å². The highest BCUT2D eigenvalue weighted by molar-refractivity contribution is 6.16. The van der Waals surface area contributed by atoms with Crippen molar-refractivity contribution in [1.82, 2.24) is 4.57 Å². The lowest BCUT2D eigenvalue weighted by Crippen LogP contribution is -2.15. The van der Waals surface area contributed by atoms with Gasteiger partial charge in [0.05, 0.1) is 24.8 Å². The predicted octanol–water partition coefficient (Wildman–Crippen LogP) is 2.50. The number of hydrogen-bond donors (Lipinski definition) is 1. The number of benzene rings is 1. The molecule has 0 aliphatic carbocycles. The van der Waals surface area contributed by atoms with Gasteiger partial charge < -0.3 is 19.8 Å². The van der Waals surface area contributed by atoms with Crippen LogP contribution in [0.25, 0.3) is 16.6 Å². The summed E-state index contributed by atoms with van der Waals surface area (Å²) in [7, 11) is 0. The van der Waals surface area contributed by atoms with Gasteiger partial charge in [0, 0.05) is 16.8 Å². The van der Waals surface area contributed by atoms with Crippen molar-refractivity contribution in [2.45, 2.75) is 20.8 Å². The van der Waals surface area contributed by atoms with Crippen molar-refractivity contribution < 1.29 is 19.1 Å². The molecule has 1 heterocycles. The lowest BCUT2D eigenvalue weighted by Gasteiger charge is -2.12. The second kappa shape index (κ2) is 7.00. The average Bonchev–Trinajstić information content (AvgIpc) is 2.80. The Balaban J connectivity index is 2.61. The smallest absolute Gasteiger partial charge is 0.355 e. The first-order chi connectivity index (χ1) is 11.0. The second-order valence-electron chi connectivity index (χ2n) is 4.94. The topological polar surface area (TPSA) is 83.6 Å². The minimum atomic E-state index is -0.591. The van der Waals surface area contributed by atoms with E-state index in [1.807, 2.05) is 19.1 Å². The molecule has 2 aromatic rings. The van der Waals surface area contributed by atoms with Gasteiger partial charge in [0.15, 0.2) is 0 Å². The van der Waals surface area contributed by atoms with Gasteiger partial charge in [-0.2, -0.15) is 0 Å². The number of nitrogen functional groups attached to an aromatic ring is 1. The Morgan fingerprint density at radius 2 is 1.87 bits per heavy atom. The molecule has 2 N–H and O–H groups in total. The number of nitrogens with zero attached hydrogens (tertiary/aromatic N) is 1. The van der Waals surface area contributed by atoms with Gasteiger partial charge in [0.1, 0.15) is 5.70 Å². The van der Waals surface area contributed by atoms with E-state index in [1.165, 1.54) is 0 Å². The molecule has 6 heteroatoms. The van der Waals surface area contributed by atoms with E-state index >= 15 is 0 Å². The largest absolute Gasteiger partial charge is 0.463 e. The molecule has 1 aromatic carbocycles. The van der Waals surface area contributed by atoms with Crippen LogP contribution in [0.3, 0.4) is 0 Å². The zero-order chi connectivity index (χ0) is 17.0. The fourth-order valence-electron chi connectivity index (χ4n) is 2.41. The molecule has 122 valence electrons. The Hall–Kier alpha value is -2.76. The van der Waals surface area contributed by atoms with Gasteiger partial charge in [0.2, 0.25) is 0 Å². The third-order valence-electron chi connectivity index (χ3n) is 3.28. The van der Waals surface area contributed by atoms with Crippen molar-refractivity contribution >= 4 is 34.2 Å². The van der Waals surface area contributed by atoms with Crippen LogP contribution in [0.1, 0.15) is 19.5 Å². The van der Waals surface area contributed by atoms with E-state index in [-0.39, 0.29) is 18.9 Å². The van der Waals surface area contributed by atoms with E-state index in [0.717, 1.165) is 22.7 Å². The van der Waals surface area contributed by atoms with Crippen LogP contribution in [0.2, 0.25) is 0 Å². The lowest BCUT2D eigenvalue weighted by molar-refractivity contribution is -0.139. The van der Waals surface area contributed by atoms with Gasteiger partial charge in [-0.25, -0.2) is 9.59 Å². The van der Waals surface area contributed by atoms with Crippen LogP contribution < -0.4 is 5.73 Å². The molecule has 23 heavy (non-hydrogen) atoms. The quantitative estimate of drug-likeness (QED) is 0.520. The number of anilines is 1. The normalized spacial score (nSPS) is 11.5. The molecule has 1 aromatic heterocycles. The first-order valence-corrected chi connectivity index (χ1v) is 7.41. The first kappa shape index (κ1) is 16.6. The highest BCUT2D eigenvalue weighted by atomic mass is 16.5. The van der Waals surface area contributed by atoms with E-state index in [2.05, 4.69) is 0 Å². The summed E-state index contributed by atoms with van der Waals surface area (Å²) in [5, 5.41) is 0.876. The molecule has 0 amide bonds. The molecular formula is C17H20N2O4. The minimum absolute atomic E-state index is 0.113. The SMILES string of the molecule is CCOC(=O)/C=C(/C(=O)OCC)n1c(C)cc2cc(N)ccc21. The van der Waals surface area contributed by atoms with E-state index in [0.29, 0.717) is 5.69 Å². The Morgan fingerprint density at radius 3 is 2.52 bits per heavy atom. The van der Waals surface area contributed by atoms with Crippen LogP contribution in [0.4, 0.5) is 5.69 Å². The van der Waals surface area contributed by atoms with Crippen molar-refractivity contribution in [3.8, 4) is 0 Å². The standard InChI is InChI=1S/C17H20N2O4/c1-4-22-16(20)10-15(17(21)23-5-2)19-11(3)8-12-9-13(18)6-7-14(12)19/h6-10H,4-5,18H2,1-3H3/b15-10-. The molecule has 0 unspecified atom stereocenters. The Morgan fingerprint density at radius 1 is 1.17 bits per heavy atom. The summed E-state index contributed by atoms with van der Waals surface area (Å²) in [6.45, 7) is 5.70. The van der Waals surface area contributed by atoms with E-state index in [9.17, 15) is 9.59 Å². The van der Waals surface area contributed by atoms with Gasteiger partial charge in [-0.1, -0.05) is 0 Å². The van der Waals surface area contributed by atoms with Crippen molar-refractivity contribution in [3.05, 3.63) is 36.0 Å². The maximum atomic E-state index is 12.3. The molecule has 6 nitrogen and oxygen atoms in total. The summed E-state index contributed by atoms with van der Waals surface area (Å²) in [6.07, 6.45) is 1.16. The minimum Gasteiger partial charge on any atom is -0.463 e. The number of aryl methyl sites for hydroxylation is 1. The molecule has 0 aliphatic rings. The van der Waals surface area contributed by atoms with Gasteiger partial charge in [-0.15, -0.1) is 0 Å². The monoisotopic (exact) mass is 316 g/mol. The van der Waals surface area contributed by atoms with E-state index in [1.54, 1.807) is 30.5 Å². The fraction of sp³-hybridized carbons (Fsp3) is 0.294. The molecule has 0 saturated heterocycles. The van der Waals surface area contributed by atoms with Crippen LogP contribution in [0, 0.1) is 6.92 Å². The summed E-state index contributed by atoms with van der Waals surface area (Å²) < 4.78 is 11.7. The Labute approximate surface area is 134 Å². The number of rotatable bonds is 5. The fourth-order valence-corrected chi connectivity index (χ4v) is 2.41. The van der Waals surface area contributed by atoms with Crippen LogP contribution >= 0.6 is 0 Å². The number of esters is 2. The second-order valence-corrected chi connectivity index (χ2v) is 4.94. The molecule has 0 saturated carbocycles. The summed E-state index contributed by atoms with van der Waals surface area (Å²) in [4.78, 5) is 24.1. The van der Waals surface area contributed by atoms with Crippen molar-refractivity contribution in [3.63, 3.8) is 0 Å². The van der Waals surface area contributed by atoms with Crippen molar-refractivity contribution in [2.24, 2.45) is 0 Å². The van der Waals surface area contributed by atoms with Crippen LogP contribution in [0.5, 0.6) is 0 Å². The van der Waals surface area contributed by atoms with Gasteiger partial charge >= 0.3 is 11.9 Å². The van der Waals surface area contributed by atoms with Crippen molar-refractivity contribution in [1.29, 1.82) is 0 Å². The van der Waals surface area contributed by atoms with Crippen LogP contribution in [0.15, 0.2) is 30.3 Å². The number of fused-ring (bicyclic) bond motifs is 1. The van der Waals surface area contributed by atoms with Gasteiger partial charge in [-0.3, -0.25) is 0 Å². The zero-order valence-electron chi connectivity index (χ0n) is 13.5. The molecule has 0 bridgehead atoms. The number of hydrogen-bond acceptors (Lipinski definition) is 5. The van der Waals surface area contributed by atoms with E-state index < -0.39 is 11.9 Å². The summed E-state index contributed by atoms with van der Waals surface area (Å²) in [5.74, 6) is -1.18. The highest BCUT2D eigenvalue weighted by Crippen LogP contribution is 2.26. The Kier molecular flexibility index (Phi) is 5.05. The maximum absolute atomic E-state index is 12.3. The number of nitrogens with two attached hydrogens (primary N) is 1.